The molecule has 0 radical (unpaired) electrons. The van der Waals surface area contributed by atoms with Gasteiger partial charge in [-0.25, -0.2) is 4.98 Å². The van der Waals surface area contributed by atoms with Crippen molar-refractivity contribution in [2.75, 3.05) is 25.0 Å². The number of nitrogens with zero attached hydrogens (tertiary/aromatic N) is 5. The zero-order chi connectivity index (χ0) is 24.9. The largest absolute Gasteiger partial charge is 0.368 e. The molecule has 4 rings (SSSR count). The van der Waals surface area contributed by atoms with Crippen molar-refractivity contribution < 1.29 is 4.79 Å². The van der Waals surface area contributed by atoms with Gasteiger partial charge in [0.05, 0.1) is 11.1 Å². The SMILES string of the molecule is CCc1c(C#N)c(SC(C(N)=O)c2ccccc2)nc(N2CCC(N(C)C3CCC3)CC2)c1C#N. The van der Waals surface area contributed by atoms with E-state index in [1.54, 1.807) is 0 Å². The van der Waals surface area contributed by atoms with Gasteiger partial charge in [0.25, 0.3) is 0 Å². The summed E-state index contributed by atoms with van der Waals surface area (Å²) < 4.78 is 0. The van der Waals surface area contributed by atoms with Crippen molar-refractivity contribution in [3.8, 4) is 12.1 Å². The van der Waals surface area contributed by atoms with Crippen LogP contribution in [0.25, 0.3) is 0 Å². The van der Waals surface area contributed by atoms with Crippen molar-refractivity contribution >= 4 is 23.5 Å². The first-order valence-corrected chi connectivity index (χ1v) is 13.2. The molecule has 1 unspecified atom stereocenters. The summed E-state index contributed by atoms with van der Waals surface area (Å²) in [6.07, 6.45) is 6.45. The van der Waals surface area contributed by atoms with E-state index in [1.807, 2.05) is 37.3 Å². The van der Waals surface area contributed by atoms with Gasteiger partial charge in [0.1, 0.15) is 28.2 Å². The summed E-state index contributed by atoms with van der Waals surface area (Å²) in [6.45, 7) is 3.55. The molecule has 1 saturated heterocycles. The van der Waals surface area contributed by atoms with Crippen molar-refractivity contribution in [2.24, 2.45) is 5.73 Å². The van der Waals surface area contributed by atoms with Crippen molar-refractivity contribution in [1.82, 2.24) is 9.88 Å². The van der Waals surface area contributed by atoms with Gasteiger partial charge < -0.3 is 15.5 Å². The number of carbonyl (C=O) groups excluding carboxylic acids is 1. The molecular weight excluding hydrogens is 456 g/mol. The van der Waals surface area contributed by atoms with Gasteiger partial charge in [-0.05, 0) is 50.3 Å². The Balaban J connectivity index is 1.66. The van der Waals surface area contributed by atoms with Gasteiger partial charge in [-0.3, -0.25) is 4.79 Å². The molecule has 0 spiro atoms. The average molecular weight is 489 g/mol. The van der Waals surface area contributed by atoms with Crippen LogP contribution < -0.4 is 10.6 Å². The van der Waals surface area contributed by atoms with Crippen LogP contribution in [0.3, 0.4) is 0 Å². The van der Waals surface area contributed by atoms with Crippen LogP contribution in [0.4, 0.5) is 5.82 Å². The number of rotatable bonds is 8. The number of primary amides is 1. The number of piperidine rings is 1. The maximum absolute atomic E-state index is 12.4. The molecule has 1 aliphatic carbocycles. The monoisotopic (exact) mass is 488 g/mol. The molecule has 2 heterocycles. The van der Waals surface area contributed by atoms with Crippen LogP contribution in [-0.2, 0) is 11.2 Å². The lowest BCUT2D eigenvalue weighted by molar-refractivity contribution is -0.117. The molecular formula is C27H32N6OS. The van der Waals surface area contributed by atoms with Crippen LogP contribution >= 0.6 is 11.8 Å². The molecule has 0 bridgehead atoms. The van der Waals surface area contributed by atoms with E-state index in [-0.39, 0.29) is 0 Å². The Morgan fingerprint density at radius 2 is 1.77 bits per heavy atom. The number of hydrogen-bond acceptors (Lipinski definition) is 7. The second-order valence-electron chi connectivity index (χ2n) is 9.33. The molecule has 2 aromatic rings. The minimum atomic E-state index is -0.678. The van der Waals surface area contributed by atoms with Crippen LogP contribution in [-0.4, -0.2) is 48.0 Å². The number of aromatic nitrogens is 1. The summed E-state index contributed by atoms with van der Waals surface area (Å²) in [5.74, 6) is 0.127. The molecule has 8 heteroatoms. The van der Waals surface area contributed by atoms with Crippen molar-refractivity contribution in [2.45, 2.75) is 67.8 Å². The van der Waals surface area contributed by atoms with Gasteiger partial charge >= 0.3 is 0 Å². The molecule has 2 fully saturated rings. The summed E-state index contributed by atoms with van der Waals surface area (Å²) in [5, 5.41) is 19.8. The standard InChI is InChI=1S/C27H32N6OS/c1-3-21-22(16-28)26(33-14-12-20(13-15-33)32(2)19-10-7-11-19)31-27(23(21)17-29)35-24(25(30)34)18-8-5-4-6-9-18/h4-6,8-9,19-20,24H,3,7,10-15H2,1-2H3,(H2,30,34). The maximum Gasteiger partial charge on any atom is 0.235 e. The Labute approximate surface area is 211 Å². The topological polar surface area (TPSA) is 110 Å². The number of thioether (sulfide) groups is 1. The fourth-order valence-electron chi connectivity index (χ4n) is 5.10. The van der Waals surface area contributed by atoms with Crippen LogP contribution in [0.2, 0.25) is 0 Å². The van der Waals surface area contributed by atoms with E-state index in [4.69, 9.17) is 10.7 Å². The second kappa shape index (κ2) is 11.1. The van der Waals surface area contributed by atoms with Gasteiger partial charge in [-0.2, -0.15) is 10.5 Å². The van der Waals surface area contributed by atoms with E-state index < -0.39 is 11.2 Å². The molecule has 7 nitrogen and oxygen atoms in total. The predicted molar refractivity (Wildman–Crippen MR) is 138 cm³/mol. The molecule has 182 valence electrons. The van der Waals surface area contributed by atoms with Gasteiger partial charge in [0.2, 0.25) is 5.91 Å². The number of anilines is 1. The molecule has 2 aliphatic rings. The van der Waals surface area contributed by atoms with E-state index in [2.05, 4.69) is 29.0 Å². The van der Waals surface area contributed by atoms with E-state index in [1.165, 1.54) is 31.0 Å². The first-order chi connectivity index (χ1) is 17.0. The summed E-state index contributed by atoms with van der Waals surface area (Å²) in [5.41, 5.74) is 8.04. The Morgan fingerprint density at radius 3 is 2.29 bits per heavy atom. The first kappa shape index (κ1) is 25.0. The van der Waals surface area contributed by atoms with E-state index in [0.29, 0.717) is 46.0 Å². The van der Waals surface area contributed by atoms with Crippen molar-refractivity contribution in [3.05, 3.63) is 52.6 Å². The van der Waals surface area contributed by atoms with E-state index >= 15 is 0 Å². The van der Waals surface area contributed by atoms with Crippen molar-refractivity contribution in [1.29, 1.82) is 10.5 Å². The molecule has 1 saturated carbocycles. The third-order valence-corrected chi connectivity index (χ3v) is 8.67. The third kappa shape index (κ3) is 5.15. The molecule has 35 heavy (non-hydrogen) atoms. The fourth-order valence-corrected chi connectivity index (χ4v) is 6.16. The fraction of sp³-hybridized carbons (Fsp3) is 0.481. The summed E-state index contributed by atoms with van der Waals surface area (Å²) in [4.78, 5) is 21.9. The number of amides is 1. The predicted octanol–water partition coefficient (Wildman–Crippen LogP) is 4.16. The number of pyridine rings is 1. The van der Waals surface area contributed by atoms with Gasteiger partial charge in [0, 0.05) is 25.2 Å². The summed E-state index contributed by atoms with van der Waals surface area (Å²) in [7, 11) is 2.24. The molecule has 1 aromatic carbocycles. The third-order valence-electron chi connectivity index (χ3n) is 7.41. The molecule has 2 N–H and O–H groups in total. The van der Waals surface area contributed by atoms with E-state index in [0.717, 1.165) is 31.5 Å². The minimum absolute atomic E-state index is 0.361. The van der Waals surface area contributed by atoms with Gasteiger partial charge in [0.15, 0.2) is 0 Å². The molecule has 1 atom stereocenters. The number of hydrogen-bond donors (Lipinski definition) is 1. The molecule has 1 aromatic heterocycles. The summed E-state index contributed by atoms with van der Waals surface area (Å²) in [6, 6.07) is 15.1. The second-order valence-corrected chi connectivity index (χ2v) is 10.4. The van der Waals surface area contributed by atoms with Gasteiger partial charge in [-0.1, -0.05) is 55.4 Å². The zero-order valence-corrected chi connectivity index (χ0v) is 21.2. The summed E-state index contributed by atoms with van der Waals surface area (Å²) >= 11 is 1.20. The maximum atomic E-state index is 12.4. The van der Waals surface area contributed by atoms with Gasteiger partial charge in [-0.15, -0.1) is 0 Å². The van der Waals surface area contributed by atoms with Crippen LogP contribution in [0.1, 0.15) is 66.5 Å². The number of benzene rings is 1. The smallest absolute Gasteiger partial charge is 0.235 e. The molecule has 1 aliphatic heterocycles. The number of nitrogens with two attached hydrogens (primary N) is 1. The molecule has 1 amide bonds. The lowest BCUT2D eigenvalue weighted by atomic mass is 9.89. The first-order valence-electron chi connectivity index (χ1n) is 12.3. The lowest BCUT2D eigenvalue weighted by Gasteiger charge is -2.44. The van der Waals surface area contributed by atoms with Crippen molar-refractivity contribution in [3.63, 3.8) is 0 Å². The van der Waals surface area contributed by atoms with Crippen LogP contribution in [0.5, 0.6) is 0 Å². The highest BCUT2D eigenvalue weighted by Crippen LogP contribution is 2.40. The Kier molecular flexibility index (Phi) is 7.95. The average Bonchev–Trinajstić information content (AvgIpc) is 2.85. The number of nitriles is 2. The zero-order valence-electron chi connectivity index (χ0n) is 20.4. The highest BCUT2D eigenvalue weighted by Gasteiger charge is 2.32. The Hall–Kier alpha value is -3.07. The quantitative estimate of drug-likeness (QED) is 0.556. The van der Waals surface area contributed by atoms with E-state index in [9.17, 15) is 15.3 Å². The lowest BCUT2D eigenvalue weighted by Crippen LogP contribution is -2.49. The minimum Gasteiger partial charge on any atom is -0.368 e. The highest BCUT2D eigenvalue weighted by molar-refractivity contribution is 8.00. The normalized spacial score (nSPS) is 17.5. The Bertz CT molecular complexity index is 1140. The number of carbonyl (C=O) groups is 1. The highest BCUT2D eigenvalue weighted by atomic mass is 32.2. The van der Waals surface area contributed by atoms with Crippen LogP contribution in [0, 0.1) is 22.7 Å². The van der Waals surface area contributed by atoms with Crippen LogP contribution in [0.15, 0.2) is 35.4 Å². The Morgan fingerprint density at radius 1 is 1.14 bits per heavy atom.